The molecule has 3 aromatic rings. The lowest BCUT2D eigenvalue weighted by atomic mass is 9.93. The number of nitrogens with two attached hydrogens (primary N) is 1. The molecule has 1 unspecified atom stereocenters. The molecule has 0 saturated heterocycles. The van der Waals surface area contributed by atoms with Crippen molar-refractivity contribution in [3.05, 3.63) is 71.3 Å². The van der Waals surface area contributed by atoms with Gasteiger partial charge in [-0.2, -0.15) is 4.98 Å². The molecule has 1 amide bonds. The normalized spacial score (nSPS) is 20.9. The largest absolute Gasteiger partial charge is 0.459 e. The summed E-state index contributed by atoms with van der Waals surface area (Å²) in [6.07, 6.45) is 5.97. The van der Waals surface area contributed by atoms with E-state index in [0.29, 0.717) is 30.4 Å². The first-order valence-electron chi connectivity index (χ1n) is 9.68. The first-order chi connectivity index (χ1) is 13.6. The first kappa shape index (κ1) is 17.2. The highest BCUT2D eigenvalue weighted by molar-refractivity contribution is 5.91. The van der Waals surface area contributed by atoms with Crippen LogP contribution in [-0.2, 0) is 18.5 Å². The van der Waals surface area contributed by atoms with Gasteiger partial charge in [-0.25, -0.2) is 0 Å². The van der Waals surface area contributed by atoms with Crippen LogP contribution >= 0.6 is 0 Å². The van der Waals surface area contributed by atoms with Gasteiger partial charge in [0.15, 0.2) is 11.6 Å². The molecule has 0 spiro atoms. The van der Waals surface area contributed by atoms with Gasteiger partial charge in [0.1, 0.15) is 6.04 Å². The van der Waals surface area contributed by atoms with E-state index in [9.17, 15) is 4.79 Å². The SMILES string of the molecule is NC1(c2noc(C3Cc4ccccc4CN3C(=O)c3ccco3)n2)CCCC1. The second-order valence-electron chi connectivity index (χ2n) is 7.72. The minimum Gasteiger partial charge on any atom is -0.459 e. The van der Waals surface area contributed by atoms with E-state index in [-0.39, 0.29) is 11.9 Å². The van der Waals surface area contributed by atoms with Gasteiger partial charge in [0.2, 0.25) is 5.89 Å². The van der Waals surface area contributed by atoms with Gasteiger partial charge >= 0.3 is 0 Å². The molecule has 3 heterocycles. The van der Waals surface area contributed by atoms with Crippen molar-refractivity contribution < 1.29 is 13.7 Å². The minimum atomic E-state index is -0.524. The standard InChI is InChI=1S/C21H22N4O3/c22-21(9-3-4-10-21)20-23-18(28-24-20)16-12-14-6-1-2-7-15(14)13-25(16)19(26)17-8-5-11-27-17/h1-2,5-8,11,16H,3-4,9-10,12-13,22H2. The number of carbonyl (C=O) groups excluding carboxylic acids is 1. The lowest BCUT2D eigenvalue weighted by Gasteiger charge is -2.34. The van der Waals surface area contributed by atoms with Gasteiger partial charge in [0.25, 0.3) is 5.91 Å². The maximum absolute atomic E-state index is 13.1. The molecule has 7 heteroatoms. The van der Waals surface area contributed by atoms with E-state index in [1.54, 1.807) is 17.0 Å². The molecule has 1 aliphatic carbocycles. The zero-order chi connectivity index (χ0) is 19.1. The molecule has 7 nitrogen and oxygen atoms in total. The van der Waals surface area contributed by atoms with Crippen LogP contribution in [0.4, 0.5) is 0 Å². The van der Waals surface area contributed by atoms with Crippen LogP contribution in [0.2, 0.25) is 0 Å². The zero-order valence-electron chi connectivity index (χ0n) is 15.5. The molecular weight excluding hydrogens is 356 g/mol. The fraction of sp³-hybridized carbons (Fsp3) is 0.381. The van der Waals surface area contributed by atoms with Gasteiger partial charge in [0, 0.05) is 13.0 Å². The van der Waals surface area contributed by atoms with Crippen LogP contribution in [-0.4, -0.2) is 20.9 Å². The van der Waals surface area contributed by atoms with Gasteiger partial charge in [-0.3, -0.25) is 4.79 Å². The highest BCUT2D eigenvalue weighted by atomic mass is 16.5. The van der Waals surface area contributed by atoms with Gasteiger partial charge in [0.05, 0.1) is 11.8 Å². The fourth-order valence-electron chi connectivity index (χ4n) is 4.30. The zero-order valence-corrected chi connectivity index (χ0v) is 15.5. The number of aromatic nitrogens is 2. The summed E-state index contributed by atoms with van der Waals surface area (Å²) in [7, 11) is 0. The number of hydrogen-bond donors (Lipinski definition) is 1. The maximum atomic E-state index is 13.1. The van der Waals surface area contributed by atoms with E-state index >= 15 is 0 Å². The summed E-state index contributed by atoms with van der Waals surface area (Å²) in [6.45, 7) is 0.464. The average molecular weight is 378 g/mol. The molecule has 0 radical (unpaired) electrons. The third-order valence-electron chi connectivity index (χ3n) is 5.91. The Hall–Kier alpha value is -2.93. The Labute approximate surface area is 162 Å². The Morgan fingerprint density at radius 1 is 1.14 bits per heavy atom. The Morgan fingerprint density at radius 2 is 1.93 bits per heavy atom. The lowest BCUT2D eigenvalue weighted by Crippen LogP contribution is -2.39. The van der Waals surface area contributed by atoms with Crippen LogP contribution in [0.25, 0.3) is 0 Å². The van der Waals surface area contributed by atoms with Gasteiger partial charge in [-0.15, -0.1) is 0 Å². The van der Waals surface area contributed by atoms with Crippen LogP contribution < -0.4 is 5.73 Å². The van der Waals surface area contributed by atoms with E-state index in [1.165, 1.54) is 11.8 Å². The predicted molar refractivity (Wildman–Crippen MR) is 100 cm³/mol. The number of furan rings is 1. The fourth-order valence-corrected chi connectivity index (χ4v) is 4.30. The number of hydrogen-bond acceptors (Lipinski definition) is 6. The molecule has 5 rings (SSSR count). The number of rotatable bonds is 3. The summed E-state index contributed by atoms with van der Waals surface area (Å²) >= 11 is 0. The number of carbonyl (C=O) groups is 1. The second kappa shape index (κ2) is 6.60. The van der Waals surface area contributed by atoms with Crippen LogP contribution in [0, 0.1) is 0 Å². The predicted octanol–water partition coefficient (Wildman–Crippen LogP) is 3.33. The van der Waals surface area contributed by atoms with Crippen LogP contribution in [0.3, 0.4) is 0 Å². The van der Waals surface area contributed by atoms with Crippen molar-refractivity contribution in [2.45, 2.75) is 50.2 Å². The molecule has 28 heavy (non-hydrogen) atoms. The smallest absolute Gasteiger partial charge is 0.290 e. The highest BCUT2D eigenvalue weighted by Crippen LogP contribution is 2.37. The van der Waals surface area contributed by atoms with Crippen LogP contribution in [0.1, 0.15) is 65.1 Å². The second-order valence-corrected chi connectivity index (χ2v) is 7.72. The molecule has 0 bridgehead atoms. The Bertz CT molecular complexity index is 989. The quantitative estimate of drug-likeness (QED) is 0.751. The highest BCUT2D eigenvalue weighted by Gasteiger charge is 2.40. The molecule has 1 fully saturated rings. The van der Waals surface area contributed by atoms with Crippen molar-refractivity contribution in [1.82, 2.24) is 15.0 Å². The Kier molecular flexibility index (Phi) is 4.05. The maximum Gasteiger partial charge on any atom is 0.290 e. The number of amides is 1. The van der Waals surface area contributed by atoms with E-state index in [1.807, 2.05) is 18.2 Å². The van der Waals surface area contributed by atoms with Crippen LogP contribution in [0.15, 0.2) is 51.6 Å². The van der Waals surface area contributed by atoms with Crippen molar-refractivity contribution in [3.8, 4) is 0 Å². The molecule has 144 valence electrons. The molecular formula is C21H22N4O3. The molecule has 1 aromatic carbocycles. The molecule has 1 atom stereocenters. The van der Waals surface area contributed by atoms with E-state index in [0.717, 1.165) is 31.2 Å². The summed E-state index contributed by atoms with van der Waals surface area (Å²) in [5.41, 5.74) is 8.26. The van der Waals surface area contributed by atoms with Crippen molar-refractivity contribution in [3.63, 3.8) is 0 Å². The summed E-state index contributed by atoms with van der Waals surface area (Å²) in [4.78, 5) is 19.5. The van der Waals surface area contributed by atoms with E-state index in [4.69, 9.17) is 14.7 Å². The van der Waals surface area contributed by atoms with Crippen molar-refractivity contribution in [2.24, 2.45) is 5.73 Å². The van der Waals surface area contributed by atoms with E-state index in [2.05, 4.69) is 16.2 Å². The Balaban J connectivity index is 1.52. The molecule has 1 saturated carbocycles. The average Bonchev–Trinajstić information content (AvgIpc) is 3.47. The molecule has 1 aliphatic heterocycles. The van der Waals surface area contributed by atoms with E-state index < -0.39 is 5.54 Å². The van der Waals surface area contributed by atoms with Crippen molar-refractivity contribution >= 4 is 5.91 Å². The Morgan fingerprint density at radius 3 is 2.68 bits per heavy atom. The van der Waals surface area contributed by atoms with Gasteiger partial charge in [-0.05, 0) is 36.1 Å². The van der Waals surface area contributed by atoms with Crippen molar-refractivity contribution in [2.75, 3.05) is 0 Å². The van der Waals surface area contributed by atoms with Crippen molar-refractivity contribution in [1.29, 1.82) is 0 Å². The lowest BCUT2D eigenvalue weighted by molar-refractivity contribution is 0.0562. The molecule has 2 aliphatic rings. The number of fused-ring (bicyclic) bond motifs is 1. The summed E-state index contributed by atoms with van der Waals surface area (Å²) in [5.74, 6) is 1.09. The summed E-state index contributed by atoms with van der Waals surface area (Å²) in [5, 5.41) is 4.19. The summed E-state index contributed by atoms with van der Waals surface area (Å²) < 4.78 is 11.0. The number of nitrogens with zero attached hydrogens (tertiary/aromatic N) is 3. The van der Waals surface area contributed by atoms with Crippen LogP contribution in [0.5, 0.6) is 0 Å². The number of benzene rings is 1. The van der Waals surface area contributed by atoms with Gasteiger partial charge < -0.3 is 19.6 Å². The third kappa shape index (κ3) is 2.82. The molecule has 2 aromatic heterocycles. The molecule has 2 N–H and O–H groups in total. The minimum absolute atomic E-state index is 0.187. The first-order valence-corrected chi connectivity index (χ1v) is 9.68. The summed E-state index contributed by atoms with van der Waals surface area (Å²) in [6, 6.07) is 11.1. The monoisotopic (exact) mass is 378 g/mol. The van der Waals surface area contributed by atoms with Gasteiger partial charge in [-0.1, -0.05) is 42.3 Å². The topological polar surface area (TPSA) is 98.4 Å². The third-order valence-corrected chi connectivity index (χ3v) is 5.91.